The molecule has 7 heteroatoms. The van der Waals surface area contributed by atoms with Crippen molar-refractivity contribution in [3.63, 3.8) is 0 Å². The van der Waals surface area contributed by atoms with Crippen LogP contribution in [0.25, 0.3) is 6.08 Å². The lowest BCUT2D eigenvalue weighted by Crippen LogP contribution is -2.45. The number of benzene rings is 1. The van der Waals surface area contributed by atoms with Crippen molar-refractivity contribution in [1.29, 1.82) is 0 Å². The van der Waals surface area contributed by atoms with Crippen molar-refractivity contribution in [3.8, 4) is 0 Å². The molecule has 180 valence electrons. The van der Waals surface area contributed by atoms with E-state index in [9.17, 15) is 8.42 Å². The number of hydrogen-bond donors (Lipinski definition) is 0. The maximum Gasteiger partial charge on any atom is 0.243 e. The summed E-state index contributed by atoms with van der Waals surface area (Å²) < 4.78 is 30.9. The van der Waals surface area contributed by atoms with Gasteiger partial charge in [0.05, 0.1) is 16.8 Å². The maximum absolute atomic E-state index is 13.6. The van der Waals surface area contributed by atoms with Gasteiger partial charge in [0.2, 0.25) is 10.0 Å². The predicted molar refractivity (Wildman–Crippen MR) is 134 cm³/mol. The number of nitrogens with zero attached hydrogens (tertiary/aromatic N) is 4. The van der Waals surface area contributed by atoms with Crippen LogP contribution in [0.5, 0.6) is 0 Å². The summed E-state index contributed by atoms with van der Waals surface area (Å²) in [7, 11) is 0.623. The van der Waals surface area contributed by atoms with Crippen LogP contribution in [-0.2, 0) is 15.4 Å². The fourth-order valence-electron chi connectivity index (χ4n) is 5.17. The molecule has 1 fully saturated rings. The Morgan fingerprint density at radius 3 is 2.39 bits per heavy atom. The van der Waals surface area contributed by atoms with E-state index in [1.54, 1.807) is 16.4 Å². The average Bonchev–Trinajstić information content (AvgIpc) is 3.16. The molecule has 2 atom stereocenters. The summed E-state index contributed by atoms with van der Waals surface area (Å²) in [6, 6.07) is 7.72. The van der Waals surface area contributed by atoms with E-state index in [1.807, 2.05) is 18.3 Å². The third kappa shape index (κ3) is 4.55. The summed E-state index contributed by atoms with van der Waals surface area (Å²) in [5.74, 6) is 0.394. The van der Waals surface area contributed by atoms with E-state index in [1.165, 1.54) is 16.8 Å². The Morgan fingerprint density at radius 2 is 1.82 bits per heavy atom. The largest absolute Gasteiger partial charge is 0.309 e. The van der Waals surface area contributed by atoms with Crippen LogP contribution < -0.4 is 0 Å². The second-order valence-corrected chi connectivity index (χ2v) is 13.0. The summed E-state index contributed by atoms with van der Waals surface area (Å²) in [6.45, 7) is 12.6. The molecule has 1 unspecified atom stereocenters. The smallest absolute Gasteiger partial charge is 0.243 e. The lowest BCUT2D eigenvalue weighted by molar-refractivity contribution is 0.256. The Hall–Kier alpha value is -1.96. The molecule has 33 heavy (non-hydrogen) atoms. The minimum atomic E-state index is -3.54. The van der Waals surface area contributed by atoms with Gasteiger partial charge in [-0.15, -0.1) is 0 Å². The Bertz CT molecular complexity index is 1140. The quantitative estimate of drug-likeness (QED) is 0.645. The molecule has 1 saturated heterocycles. The Balaban J connectivity index is 1.65. The van der Waals surface area contributed by atoms with Gasteiger partial charge in [-0.05, 0) is 63.6 Å². The van der Waals surface area contributed by atoms with Crippen LogP contribution in [0.4, 0.5) is 0 Å². The fourth-order valence-corrected chi connectivity index (χ4v) is 6.64. The molecule has 0 N–H and O–H groups in total. The molecule has 0 saturated carbocycles. The molecular weight excluding hydrogens is 432 g/mol. The third-order valence-corrected chi connectivity index (χ3v) is 8.89. The first kappa shape index (κ1) is 24.2. The lowest BCUT2D eigenvalue weighted by Gasteiger charge is -2.41. The van der Waals surface area contributed by atoms with Crippen LogP contribution in [0.1, 0.15) is 69.8 Å². The molecule has 0 spiro atoms. The Kier molecular flexibility index (Phi) is 6.35. The molecule has 4 rings (SSSR count). The van der Waals surface area contributed by atoms with Gasteiger partial charge in [0.1, 0.15) is 0 Å². The van der Waals surface area contributed by atoms with Gasteiger partial charge in [0, 0.05) is 43.1 Å². The van der Waals surface area contributed by atoms with E-state index in [0.717, 1.165) is 18.5 Å². The first-order valence-corrected chi connectivity index (χ1v) is 13.4. The minimum absolute atomic E-state index is 0.00720. The second kappa shape index (κ2) is 8.67. The molecule has 1 aliphatic carbocycles. The standard InChI is InChI=1S/C26H38N4O2S/c1-18(2)30-25-14-19-12-13-29(17-23(19)24(16-28(6)7)22(25)15-27-30)33(31,32)21-10-8-20(9-11-21)26(3,4)5/h8-11,14-15,18,23-24H,12-13,16-17H2,1-7H3/t23?,24-/m1/s1. The van der Waals surface area contributed by atoms with Gasteiger partial charge in [-0.25, -0.2) is 8.42 Å². The monoisotopic (exact) mass is 470 g/mol. The first-order chi connectivity index (χ1) is 15.4. The molecule has 1 aromatic carbocycles. The van der Waals surface area contributed by atoms with Crippen LogP contribution in [0.15, 0.2) is 40.9 Å². The summed E-state index contributed by atoms with van der Waals surface area (Å²) >= 11 is 0. The molecule has 1 aromatic heterocycles. The number of hydrogen-bond acceptors (Lipinski definition) is 4. The lowest BCUT2D eigenvalue weighted by atomic mass is 9.74. The van der Waals surface area contributed by atoms with E-state index in [2.05, 4.69) is 69.5 Å². The highest BCUT2D eigenvalue weighted by molar-refractivity contribution is 7.89. The van der Waals surface area contributed by atoms with Crippen molar-refractivity contribution < 1.29 is 8.42 Å². The maximum atomic E-state index is 13.6. The second-order valence-electron chi connectivity index (χ2n) is 11.1. The highest BCUT2D eigenvalue weighted by atomic mass is 32.2. The van der Waals surface area contributed by atoms with Crippen LogP contribution in [-0.4, -0.2) is 61.1 Å². The van der Waals surface area contributed by atoms with E-state index in [0.29, 0.717) is 24.0 Å². The number of likely N-dealkylation sites (N-methyl/N-ethyl adjacent to an activating group) is 1. The highest BCUT2D eigenvalue weighted by Gasteiger charge is 2.41. The van der Waals surface area contributed by atoms with Crippen molar-refractivity contribution in [1.82, 2.24) is 19.0 Å². The molecule has 6 nitrogen and oxygen atoms in total. The molecule has 2 heterocycles. The van der Waals surface area contributed by atoms with Crippen molar-refractivity contribution in [2.45, 2.75) is 63.3 Å². The number of aromatic nitrogens is 2. The number of fused-ring (bicyclic) bond motifs is 2. The summed E-state index contributed by atoms with van der Waals surface area (Å²) in [6.07, 6.45) is 5.04. The third-order valence-electron chi connectivity index (χ3n) is 7.01. The van der Waals surface area contributed by atoms with Gasteiger partial charge in [-0.2, -0.15) is 9.40 Å². The van der Waals surface area contributed by atoms with E-state index >= 15 is 0 Å². The van der Waals surface area contributed by atoms with E-state index < -0.39 is 10.0 Å². The molecular formula is C26H38N4O2S. The zero-order valence-corrected chi connectivity index (χ0v) is 21.9. The number of rotatable bonds is 5. The Morgan fingerprint density at radius 1 is 1.15 bits per heavy atom. The number of sulfonamides is 1. The summed E-state index contributed by atoms with van der Waals surface area (Å²) in [5, 5.41) is 4.68. The highest BCUT2D eigenvalue weighted by Crippen LogP contribution is 2.44. The van der Waals surface area contributed by atoms with Crippen molar-refractivity contribution >= 4 is 16.1 Å². The normalized spacial score (nSPS) is 21.8. The van der Waals surface area contributed by atoms with Gasteiger partial charge >= 0.3 is 0 Å². The first-order valence-electron chi connectivity index (χ1n) is 11.9. The van der Waals surface area contributed by atoms with E-state index in [-0.39, 0.29) is 17.3 Å². The van der Waals surface area contributed by atoms with Gasteiger partial charge in [0.15, 0.2) is 0 Å². The molecule has 2 aromatic rings. The van der Waals surface area contributed by atoms with Crippen molar-refractivity contribution in [2.24, 2.45) is 5.92 Å². The summed E-state index contributed by atoms with van der Waals surface area (Å²) in [4.78, 5) is 2.58. The predicted octanol–water partition coefficient (Wildman–Crippen LogP) is 4.51. The average molecular weight is 471 g/mol. The molecule has 0 radical (unpaired) electrons. The molecule has 1 aliphatic heterocycles. The molecule has 0 bridgehead atoms. The zero-order valence-electron chi connectivity index (χ0n) is 21.0. The van der Waals surface area contributed by atoms with Gasteiger partial charge in [-0.1, -0.05) is 38.5 Å². The van der Waals surface area contributed by atoms with Crippen LogP contribution in [0.2, 0.25) is 0 Å². The topological polar surface area (TPSA) is 58.4 Å². The fraction of sp³-hybridized carbons (Fsp3) is 0.577. The van der Waals surface area contributed by atoms with Crippen molar-refractivity contribution in [2.75, 3.05) is 33.7 Å². The zero-order chi connectivity index (χ0) is 24.1. The van der Waals surface area contributed by atoms with Crippen LogP contribution in [0.3, 0.4) is 0 Å². The minimum Gasteiger partial charge on any atom is -0.309 e. The van der Waals surface area contributed by atoms with Gasteiger partial charge in [-0.3, -0.25) is 4.68 Å². The number of piperidine rings is 1. The van der Waals surface area contributed by atoms with Gasteiger partial charge in [0.25, 0.3) is 0 Å². The Labute approximate surface area is 199 Å². The van der Waals surface area contributed by atoms with Crippen molar-refractivity contribution in [3.05, 3.63) is 52.9 Å². The van der Waals surface area contributed by atoms with Crippen LogP contribution >= 0.6 is 0 Å². The van der Waals surface area contributed by atoms with E-state index in [4.69, 9.17) is 0 Å². The molecule has 0 amide bonds. The SMILES string of the molecule is CC(C)n1ncc2c1C=C1CCN(S(=O)(=O)c3ccc(C(C)(C)C)cc3)CC1[C@@H]2CN(C)C. The summed E-state index contributed by atoms with van der Waals surface area (Å²) in [5.41, 5.74) is 4.91. The van der Waals surface area contributed by atoms with Crippen LogP contribution in [0, 0.1) is 5.92 Å². The molecule has 2 aliphatic rings. The van der Waals surface area contributed by atoms with Gasteiger partial charge < -0.3 is 4.90 Å².